The van der Waals surface area contributed by atoms with Gasteiger partial charge >= 0.3 is 0 Å². The molecule has 1 atom stereocenters. The molecule has 0 aromatic carbocycles. The van der Waals surface area contributed by atoms with E-state index in [1.165, 1.54) is 19.1 Å². The van der Waals surface area contributed by atoms with Crippen LogP contribution in [0.25, 0.3) is 0 Å². The van der Waals surface area contributed by atoms with E-state index in [2.05, 4.69) is 5.32 Å². The fourth-order valence-electron chi connectivity index (χ4n) is 2.38. The van der Waals surface area contributed by atoms with Crippen LogP contribution < -0.4 is 5.32 Å². The van der Waals surface area contributed by atoms with E-state index in [1.807, 2.05) is 11.8 Å². The number of likely N-dealkylation sites (N-methyl/N-ethyl adjacent to an activating group) is 1. The van der Waals surface area contributed by atoms with Gasteiger partial charge in [0.25, 0.3) is 5.91 Å². The molecule has 5 heteroatoms. The first-order valence-corrected chi connectivity index (χ1v) is 6.75. The summed E-state index contributed by atoms with van der Waals surface area (Å²) in [5, 5.41) is 3.37. The van der Waals surface area contributed by atoms with Gasteiger partial charge in [-0.3, -0.25) is 4.79 Å². The molecule has 2 aliphatic heterocycles. The second-order valence-electron chi connectivity index (χ2n) is 4.76. The van der Waals surface area contributed by atoms with E-state index in [4.69, 9.17) is 9.47 Å². The summed E-state index contributed by atoms with van der Waals surface area (Å²) in [7, 11) is 0. The van der Waals surface area contributed by atoms with Gasteiger partial charge in [-0.15, -0.1) is 0 Å². The van der Waals surface area contributed by atoms with Gasteiger partial charge < -0.3 is 19.7 Å². The van der Waals surface area contributed by atoms with Crippen LogP contribution in [0.3, 0.4) is 0 Å². The van der Waals surface area contributed by atoms with Crippen LogP contribution in [0.15, 0.2) is 12.0 Å². The Morgan fingerprint density at radius 2 is 2.44 bits per heavy atom. The fraction of sp³-hybridized carbons (Fsp3) is 0.769. The van der Waals surface area contributed by atoms with Crippen molar-refractivity contribution in [2.75, 3.05) is 39.4 Å². The van der Waals surface area contributed by atoms with Crippen molar-refractivity contribution in [3.8, 4) is 0 Å². The second kappa shape index (κ2) is 6.64. The Morgan fingerprint density at radius 3 is 3.06 bits per heavy atom. The Balaban J connectivity index is 1.90. The van der Waals surface area contributed by atoms with Gasteiger partial charge in [0.2, 0.25) is 5.76 Å². The van der Waals surface area contributed by atoms with Gasteiger partial charge in [-0.1, -0.05) is 0 Å². The number of nitrogens with one attached hydrogen (secondary N) is 1. The first-order chi connectivity index (χ1) is 8.81. The predicted molar refractivity (Wildman–Crippen MR) is 67.8 cm³/mol. The van der Waals surface area contributed by atoms with Crippen molar-refractivity contribution >= 4 is 5.91 Å². The van der Waals surface area contributed by atoms with E-state index in [0.29, 0.717) is 31.4 Å². The van der Waals surface area contributed by atoms with Crippen LogP contribution in [0, 0.1) is 5.92 Å². The Morgan fingerprint density at radius 1 is 1.56 bits per heavy atom. The molecule has 1 amide bonds. The number of hydrogen-bond donors (Lipinski definition) is 1. The normalized spacial score (nSPS) is 23.6. The number of hydrogen-bond acceptors (Lipinski definition) is 4. The predicted octanol–water partition coefficient (Wildman–Crippen LogP) is 0.723. The third-order valence-electron chi connectivity index (χ3n) is 3.41. The minimum Gasteiger partial charge on any atom is -0.494 e. The number of carbonyl (C=O) groups excluding carboxylic acids is 1. The van der Waals surface area contributed by atoms with Gasteiger partial charge in [-0.25, -0.2) is 0 Å². The molecule has 2 heterocycles. The van der Waals surface area contributed by atoms with E-state index in [1.54, 1.807) is 0 Å². The molecule has 0 spiro atoms. The zero-order chi connectivity index (χ0) is 12.8. The molecule has 102 valence electrons. The number of piperidine rings is 1. The van der Waals surface area contributed by atoms with E-state index in [0.717, 1.165) is 19.6 Å². The van der Waals surface area contributed by atoms with E-state index in [9.17, 15) is 4.79 Å². The highest BCUT2D eigenvalue weighted by Crippen LogP contribution is 2.15. The summed E-state index contributed by atoms with van der Waals surface area (Å²) in [5.41, 5.74) is 0. The molecule has 18 heavy (non-hydrogen) atoms. The smallest absolute Gasteiger partial charge is 0.292 e. The van der Waals surface area contributed by atoms with Gasteiger partial charge in [0, 0.05) is 13.1 Å². The van der Waals surface area contributed by atoms with E-state index >= 15 is 0 Å². The van der Waals surface area contributed by atoms with Crippen LogP contribution in [0.5, 0.6) is 0 Å². The van der Waals surface area contributed by atoms with E-state index < -0.39 is 0 Å². The standard InChI is InChI=1S/C13H22N2O3/c1-2-15(9-11-4-3-5-14-8-11)13(16)12-10-17-6-7-18-12/h10-11,14H,2-9H2,1H3. The topological polar surface area (TPSA) is 50.8 Å². The summed E-state index contributed by atoms with van der Waals surface area (Å²) >= 11 is 0. The quantitative estimate of drug-likeness (QED) is 0.803. The van der Waals surface area contributed by atoms with Crippen LogP contribution in [0.2, 0.25) is 0 Å². The summed E-state index contributed by atoms with van der Waals surface area (Å²) in [4.78, 5) is 14.1. The maximum Gasteiger partial charge on any atom is 0.292 e. The largest absolute Gasteiger partial charge is 0.494 e. The molecular weight excluding hydrogens is 232 g/mol. The number of nitrogens with zero attached hydrogens (tertiary/aromatic N) is 1. The highest BCUT2D eigenvalue weighted by Gasteiger charge is 2.24. The lowest BCUT2D eigenvalue weighted by atomic mass is 9.99. The molecule has 1 saturated heterocycles. The monoisotopic (exact) mass is 254 g/mol. The van der Waals surface area contributed by atoms with Crippen molar-refractivity contribution in [3.05, 3.63) is 12.0 Å². The maximum atomic E-state index is 12.2. The Hall–Kier alpha value is -1.23. The average Bonchev–Trinajstić information content (AvgIpc) is 2.46. The van der Waals surface area contributed by atoms with Crippen LogP contribution in [0.1, 0.15) is 19.8 Å². The second-order valence-corrected chi connectivity index (χ2v) is 4.76. The van der Waals surface area contributed by atoms with Crippen LogP contribution >= 0.6 is 0 Å². The van der Waals surface area contributed by atoms with Crippen molar-refractivity contribution < 1.29 is 14.3 Å². The van der Waals surface area contributed by atoms with Gasteiger partial charge in [-0.2, -0.15) is 0 Å². The Bertz CT molecular complexity index is 311. The molecule has 0 bridgehead atoms. The molecule has 1 fully saturated rings. The number of carbonyl (C=O) groups is 1. The lowest BCUT2D eigenvalue weighted by Crippen LogP contribution is -2.42. The highest BCUT2D eigenvalue weighted by molar-refractivity contribution is 5.91. The van der Waals surface area contributed by atoms with Gasteiger partial charge in [0.15, 0.2) is 0 Å². The fourth-order valence-corrected chi connectivity index (χ4v) is 2.38. The molecule has 1 N–H and O–H groups in total. The van der Waals surface area contributed by atoms with Crippen molar-refractivity contribution in [1.82, 2.24) is 10.2 Å². The molecular formula is C13H22N2O3. The lowest BCUT2D eigenvalue weighted by Gasteiger charge is -2.30. The summed E-state index contributed by atoms with van der Waals surface area (Å²) in [6.45, 7) is 6.58. The third kappa shape index (κ3) is 3.38. The summed E-state index contributed by atoms with van der Waals surface area (Å²) in [6.07, 6.45) is 3.82. The van der Waals surface area contributed by atoms with Crippen LogP contribution in [-0.4, -0.2) is 50.2 Å². The molecule has 0 aromatic rings. The van der Waals surface area contributed by atoms with Gasteiger partial charge in [0.1, 0.15) is 19.5 Å². The van der Waals surface area contributed by atoms with Crippen LogP contribution in [0.4, 0.5) is 0 Å². The first kappa shape index (κ1) is 13.2. The number of rotatable bonds is 4. The third-order valence-corrected chi connectivity index (χ3v) is 3.41. The Labute approximate surface area is 108 Å². The molecule has 0 aliphatic carbocycles. The Kier molecular flexibility index (Phi) is 4.87. The maximum absolute atomic E-state index is 12.2. The number of amides is 1. The summed E-state index contributed by atoms with van der Waals surface area (Å²) in [6, 6.07) is 0. The molecule has 1 unspecified atom stereocenters. The van der Waals surface area contributed by atoms with Crippen LogP contribution in [-0.2, 0) is 14.3 Å². The zero-order valence-corrected chi connectivity index (χ0v) is 11.0. The SMILES string of the molecule is CCN(CC1CCCNC1)C(=O)C1=COCCO1. The molecule has 5 nitrogen and oxygen atoms in total. The highest BCUT2D eigenvalue weighted by atomic mass is 16.6. The minimum atomic E-state index is -0.0530. The average molecular weight is 254 g/mol. The van der Waals surface area contributed by atoms with E-state index in [-0.39, 0.29) is 5.91 Å². The summed E-state index contributed by atoms with van der Waals surface area (Å²) < 4.78 is 10.5. The molecule has 2 rings (SSSR count). The van der Waals surface area contributed by atoms with Crippen molar-refractivity contribution in [2.24, 2.45) is 5.92 Å². The first-order valence-electron chi connectivity index (χ1n) is 6.75. The zero-order valence-electron chi connectivity index (χ0n) is 11.0. The molecule has 0 radical (unpaired) electrons. The molecule has 0 aromatic heterocycles. The van der Waals surface area contributed by atoms with Gasteiger partial charge in [-0.05, 0) is 38.8 Å². The molecule has 0 saturated carbocycles. The minimum absolute atomic E-state index is 0.0530. The number of ether oxygens (including phenoxy) is 2. The summed E-state index contributed by atoms with van der Waals surface area (Å²) in [5.74, 6) is 0.836. The van der Waals surface area contributed by atoms with Gasteiger partial charge in [0.05, 0.1) is 0 Å². The van der Waals surface area contributed by atoms with Crippen molar-refractivity contribution in [1.29, 1.82) is 0 Å². The van der Waals surface area contributed by atoms with Crippen molar-refractivity contribution in [2.45, 2.75) is 19.8 Å². The lowest BCUT2D eigenvalue weighted by molar-refractivity contribution is -0.132. The van der Waals surface area contributed by atoms with Crippen molar-refractivity contribution in [3.63, 3.8) is 0 Å². The molecule has 2 aliphatic rings.